The van der Waals surface area contributed by atoms with E-state index in [0.29, 0.717) is 17.8 Å². The normalized spacial score (nSPS) is 10.6. The molecule has 7 nitrogen and oxygen atoms in total. The molecule has 2 N–H and O–H groups in total. The topological polar surface area (TPSA) is 96.9 Å². The molecular weight excluding hydrogens is 402 g/mol. The Morgan fingerprint density at radius 1 is 1.09 bits per heavy atom. The molecule has 2 aromatic heterocycles. The summed E-state index contributed by atoms with van der Waals surface area (Å²) in [5.41, 5.74) is 5.42. The van der Waals surface area contributed by atoms with Crippen molar-refractivity contribution in [2.45, 2.75) is 33.7 Å². The number of carbonyl (C=O) groups excluding carboxylic acids is 2. The second kappa shape index (κ2) is 10.5. The molecule has 0 saturated carbocycles. The fourth-order valence-corrected chi connectivity index (χ4v) is 3.17. The van der Waals surface area contributed by atoms with E-state index < -0.39 is 0 Å². The standard InChI is InChI=1S/C25H27N5O2/c1-5-18-7-6-8-19(9-18)20-10-22(24(28-12-20)25(32)16(2)3)30-23(31)15-27-14-21-13-26-11-17(4)29-21/h6-13,27H,2,5,14-15H2,1,3-4H3,(H,30,31). The van der Waals surface area contributed by atoms with Crippen molar-refractivity contribution in [1.29, 1.82) is 0 Å². The van der Waals surface area contributed by atoms with Crippen LogP contribution >= 0.6 is 0 Å². The van der Waals surface area contributed by atoms with Crippen molar-refractivity contribution in [3.05, 3.63) is 83.7 Å². The number of hydrogen-bond donors (Lipinski definition) is 2. The summed E-state index contributed by atoms with van der Waals surface area (Å²) in [4.78, 5) is 38.0. The highest BCUT2D eigenvalue weighted by molar-refractivity contribution is 6.12. The molecule has 3 rings (SSSR count). The molecule has 0 bridgehead atoms. The minimum absolute atomic E-state index is 0.0475. The van der Waals surface area contributed by atoms with Crippen LogP contribution in [0.3, 0.4) is 0 Å². The average molecular weight is 430 g/mol. The van der Waals surface area contributed by atoms with E-state index in [1.807, 2.05) is 19.1 Å². The van der Waals surface area contributed by atoms with E-state index in [0.717, 1.165) is 28.9 Å². The number of aromatic nitrogens is 3. The van der Waals surface area contributed by atoms with Gasteiger partial charge in [0.05, 0.1) is 23.6 Å². The number of carbonyl (C=O) groups is 2. The molecule has 0 aliphatic rings. The predicted molar refractivity (Wildman–Crippen MR) is 125 cm³/mol. The van der Waals surface area contributed by atoms with Crippen LogP contribution in [0.15, 0.2) is 61.1 Å². The number of amides is 1. The summed E-state index contributed by atoms with van der Waals surface area (Å²) in [6.45, 7) is 9.74. The van der Waals surface area contributed by atoms with Crippen molar-refractivity contribution < 1.29 is 9.59 Å². The third-order valence-corrected chi connectivity index (χ3v) is 4.83. The lowest BCUT2D eigenvalue weighted by atomic mass is 10.0. The second-order valence-electron chi connectivity index (χ2n) is 7.59. The summed E-state index contributed by atoms with van der Waals surface area (Å²) in [7, 11) is 0. The van der Waals surface area contributed by atoms with Crippen LogP contribution in [0, 0.1) is 6.92 Å². The maximum absolute atomic E-state index is 12.6. The Bertz CT molecular complexity index is 1160. The van der Waals surface area contributed by atoms with Gasteiger partial charge in [0.15, 0.2) is 0 Å². The Labute approximate surface area is 188 Å². The maximum atomic E-state index is 12.6. The number of aryl methyl sites for hydroxylation is 2. The molecule has 7 heteroatoms. The van der Waals surface area contributed by atoms with Gasteiger partial charge in [-0.25, -0.2) is 4.98 Å². The highest BCUT2D eigenvalue weighted by Crippen LogP contribution is 2.26. The number of Topliss-reactive ketones (excluding diaryl/α,β-unsaturated/α-hetero) is 1. The summed E-state index contributed by atoms with van der Waals surface area (Å²) in [6.07, 6.45) is 5.88. The summed E-state index contributed by atoms with van der Waals surface area (Å²) in [5.74, 6) is -0.597. The molecule has 0 atom stereocenters. The van der Waals surface area contributed by atoms with E-state index in [4.69, 9.17) is 0 Å². The zero-order chi connectivity index (χ0) is 23.1. The number of nitrogens with one attached hydrogen (secondary N) is 2. The monoisotopic (exact) mass is 429 g/mol. The number of hydrogen-bond acceptors (Lipinski definition) is 6. The number of anilines is 1. The SMILES string of the molecule is C=C(C)C(=O)c1ncc(-c2cccc(CC)c2)cc1NC(=O)CNCc1cncc(C)n1. The van der Waals surface area contributed by atoms with Gasteiger partial charge < -0.3 is 10.6 Å². The van der Waals surface area contributed by atoms with Crippen LogP contribution < -0.4 is 10.6 Å². The van der Waals surface area contributed by atoms with E-state index in [-0.39, 0.29) is 23.9 Å². The van der Waals surface area contributed by atoms with Crippen LogP contribution in [0.4, 0.5) is 5.69 Å². The smallest absolute Gasteiger partial charge is 0.238 e. The Hall–Kier alpha value is -3.71. The van der Waals surface area contributed by atoms with E-state index in [2.05, 4.69) is 51.2 Å². The average Bonchev–Trinajstić information content (AvgIpc) is 2.78. The van der Waals surface area contributed by atoms with E-state index >= 15 is 0 Å². The number of nitrogens with zero attached hydrogens (tertiary/aromatic N) is 3. The molecule has 32 heavy (non-hydrogen) atoms. The van der Waals surface area contributed by atoms with Crippen molar-refractivity contribution in [2.24, 2.45) is 0 Å². The first-order valence-electron chi connectivity index (χ1n) is 10.4. The van der Waals surface area contributed by atoms with Gasteiger partial charge in [-0.2, -0.15) is 0 Å². The molecule has 0 saturated heterocycles. The van der Waals surface area contributed by atoms with E-state index in [1.165, 1.54) is 5.56 Å². The summed E-state index contributed by atoms with van der Waals surface area (Å²) in [6, 6.07) is 9.88. The lowest BCUT2D eigenvalue weighted by Crippen LogP contribution is -2.29. The van der Waals surface area contributed by atoms with Crippen LogP contribution in [0.25, 0.3) is 11.1 Å². The fraction of sp³-hybridized carbons (Fsp3) is 0.240. The number of rotatable bonds is 9. The quantitative estimate of drug-likeness (QED) is 0.396. The van der Waals surface area contributed by atoms with Crippen molar-refractivity contribution in [1.82, 2.24) is 20.3 Å². The number of ketones is 1. The lowest BCUT2D eigenvalue weighted by Gasteiger charge is -2.13. The molecule has 0 aliphatic heterocycles. The number of benzene rings is 1. The zero-order valence-electron chi connectivity index (χ0n) is 18.6. The Balaban J connectivity index is 1.79. The van der Waals surface area contributed by atoms with Crippen LogP contribution in [0.5, 0.6) is 0 Å². The van der Waals surface area contributed by atoms with Gasteiger partial charge in [-0.05, 0) is 43.0 Å². The van der Waals surface area contributed by atoms with Crippen molar-refractivity contribution in [3.63, 3.8) is 0 Å². The number of allylic oxidation sites excluding steroid dienone is 1. The number of pyridine rings is 1. The Kier molecular flexibility index (Phi) is 7.57. The highest BCUT2D eigenvalue weighted by atomic mass is 16.2. The van der Waals surface area contributed by atoms with Gasteiger partial charge in [0.1, 0.15) is 5.69 Å². The van der Waals surface area contributed by atoms with Crippen LogP contribution in [-0.4, -0.2) is 33.2 Å². The summed E-state index contributed by atoms with van der Waals surface area (Å²) >= 11 is 0. The molecule has 2 heterocycles. The molecule has 0 fully saturated rings. The van der Waals surface area contributed by atoms with Gasteiger partial charge >= 0.3 is 0 Å². The van der Waals surface area contributed by atoms with Crippen molar-refractivity contribution >= 4 is 17.4 Å². The molecular formula is C25H27N5O2. The zero-order valence-corrected chi connectivity index (χ0v) is 18.6. The highest BCUT2D eigenvalue weighted by Gasteiger charge is 2.17. The van der Waals surface area contributed by atoms with Gasteiger partial charge in [-0.15, -0.1) is 0 Å². The lowest BCUT2D eigenvalue weighted by molar-refractivity contribution is -0.115. The van der Waals surface area contributed by atoms with Gasteiger partial charge in [0.25, 0.3) is 0 Å². The summed E-state index contributed by atoms with van der Waals surface area (Å²) in [5, 5.41) is 5.87. The van der Waals surface area contributed by atoms with Crippen LogP contribution in [-0.2, 0) is 17.8 Å². The first-order valence-corrected chi connectivity index (χ1v) is 10.4. The maximum Gasteiger partial charge on any atom is 0.238 e. The summed E-state index contributed by atoms with van der Waals surface area (Å²) < 4.78 is 0. The van der Waals surface area contributed by atoms with Gasteiger partial charge in [-0.3, -0.25) is 19.6 Å². The minimum atomic E-state index is -0.308. The van der Waals surface area contributed by atoms with Gasteiger partial charge in [0, 0.05) is 30.7 Å². The predicted octanol–water partition coefficient (Wildman–Crippen LogP) is 3.90. The van der Waals surface area contributed by atoms with Crippen LogP contribution in [0.1, 0.15) is 41.3 Å². The first kappa shape index (κ1) is 23.0. The molecule has 0 radical (unpaired) electrons. The molecule has 0 spiro atoms. The minimum Gasteiger partial charge on any atom is -0.323 e. The third kappa shape index (κ3) is 5.92. The van der Waals surface area contributed by atoms with Gasteiger partial charge in [0.2, 0.25) is 11.7 Å². The largest absolute Gasteiger partial charge is 0.323 e. The fourth-order valence-electron chi connectivity index (χ4n) is 3.17. The van der Waals surface area contributed by atoms with Gasteiger partial charge in [-0.1, -0.05) is 37.8 Å². The van der Waals surface area contributed by atoms with Crippen molar-refractivity contribution in [2.75, 3.05) is 11.9 Å². The first-order chi connectivity index (χ1) is 15.4. The van der Waals surface area contributed by atoms with Crippen LogP contribution in [0.2, 0.25) is 0 Å². The van der Waals surface area contributed by atoms with Crippen molar-refractivity contribution in [3.8, 4) is 11.1 Å². The molecule has 0 aliphatic carbocycles. The molecule has 164 valence electrons. The third-order valence-electron chi connectivity index (χ3n) is 4.83. The second-order valence-corrected chi connectivity index (χ2v) is 7.59. The van der Waals surface area contributed by atoms with E-state index in [1.54, 1.807) is 31.6 Å². The molecule has 0 unspecified atom stereocenters. The molecule has 1 amide bonds. The van der Waals surface area contributed by atoms with E-state index in [9.17, 15) is 9.59 Å². The Morgan fingerprint density at radius 3 is 2.62 bits per heavy atom. The molecule has 1 aromatic carbocycles. The Morgan fingerprint density at radius 2 is 1.91 bits per heavy atom. The molecule has 3 aromatic rings.